The Morgan fingerprint density at radius 1 is 1.41 bits per heavy atom. The lowest BCUT2D eigenvalue weighted by Gasteiger charge is -2.31. The smallest absolute Gasteiger partial charge is 0.0614 e. The number of rotatable bonds is 8. The third-order valence-corrected chi connectivity index (χ3v) is 3.56. The van der Waals surface area contributed by atoms with Gasteiger partial charge in [-0.25, -0.2) is 0 Å². The molecular formula is C14H29NO2. The minimum absolute atomic E-state index is 0.0937. The molecule has 102 valence electrons. The normalized spacial score (nSPS) is 29.1. The summed E-state index contributed by atoms with van der Waals surface area (Å²) in [5.41, 5.74) is -0.0937. The summed E-state index contributed by atoms with van der Waals surface area (Å²) in [6.45, 7) is 7.57. The molecule has 1 rings (SSSR count). The van der Waals surface area contributed by atoms with Gasteiger partial charge in [-0.1, -0.05) is 33.6 Å². The van der Waals surface area contributed by atoms with Crippen LogP contribution in [-0.2, 0) is 4.74 Å². The third-order valence-electron chi connectivity index (χ3n) is 3.56. The second-order valence-electron chi connectivity index (χ2n) is 5.68. The van der Waals surface area contributed by atoms with E-state index in [0.717, 1.165) is 32.3 Å². The van der Waals surface area contributed by atoms with Crippen molar-refractivity contribution < 1.29 is 9.84 Å². The molecule has 0 radical (unpaired) electrons. The zero-order valence-corrected chi connectivity index (χ0v) is 11.7. The van der Waals surface area contributed by atoms with Crippen LogP contribution in [0.15, 0.2) is 0 Å². The van der Waals surface area contributed by atoms with Crippen LogP contribution in [0.3, 0.4) is 0 Å². The molecule has 1 aliphatic rings. The number of aliphatic hydroxyl groups is 1. The van der Waals surface area contributed by atoms with Crippen LogP contribution < -0.4 is 5.32 Å². The number of unbranched alkanes of at least 4 members (excludes halogenated alkanes) is 2. The second-order valence-corrected chi connectivity index (χ2v) is 5.68. The Morgan fingerprint density at radius 2 is 2.18 bits per heavy atom. The summed E-state index contributed by atoms with van der Waals surface area (Å²) in [6, 6.07) is 0.418. The number of hydrogen-bond acceptors (Lipinski definition) is 3. The van der Waals surface area contributed by atoms with Gasteiger partial charge >= 0.3 is 0 Å². The SMILES string of the molecule is CCCCCOC1CCC(CO)(NC(C)C)C1. The zero-order valence-electron chi connectivity index (χ0n) is 11.7. The quantitative estimate of drug-likeness (QED) is 0.644. The maximum atomic E-state index is 9.57. The average molecular weight is 243 g/mol. The van der Waals surface area contributed by atoms with Crippen molar-refractivity contribution in [2.45, 2.75) is 77.0 Å². The Balaban J connectivity index is 2.28. The summed E-state index contributed by atoms with van der Waals surface area (Å²) < 4.78 is 5.89. The minimum atomic E-state index is -0.0937. The highest BCUT2D eigenvalue weighted by Crippen LogP contribution is 2.32. The van der Waals surface area contributed by atoms with Crippen LogP contribution in [0.25, 0.3) is 0 Å². The summed E-state index contributed by atoms with van der Waals surface area (Å²) >= 11 is 0. The highest BCUT2D eigenvalue weighted by atomic mass is 16.5. The van der Waals surface area contributed by atoms with Crippen molar-refractivity contribution in [1.82, 2.24) is 5.32 Å². The van der Waals surface area contributed by atoms with E-state index < -0.39 is 0 Å². The van der Waals surface area contributed by atoms with Crippen molar-refractivity contribution in [3.63, 3.8) is 0 Å². The van der Waals surface area contributed by atoms with Gasteiger partial charge in [0.1, 0.15) is 0 Å². The Hall–Kier alpha value is -0.120. The number of hydrogen-bond donors (Lipinski definition) is 2. The van der Waals surface area contributed by atoms with Gasteiger partial charge in [0.15, 0.2) is 0 Å². The molecular weight excluding hydrogens is 214 g/mol. The van der Waals surface area contributed by atoms with Crippen LogP contribution in [0.2, 0.25) is 0 Å². The van der Waals surface area contributed by atoms with E-state index in [2.05, 4.69) is 26.1 Å². The number of nitrogens with one attached hydrogen (secondary N) is 1. The summed E-state index contributed by atoms with van der Waals surface area (Å²) in [6.07, 6.45) is 7.05. The van der Waals surface area contributed by atoms with Gasteiger partial charge in [0, 0.05) is 18.2 Å². The molecule has 0 amide bonds. The van der Waals surface area contributed by atoms with E-state index in [0.29, 0.717) is 12.1 Å². The van der Waals surface area contributed by atoms with Crippen molar-refractivity contribution >= 4 is 0 Å². The van der Waals surface area contributed by atoms with Crippen molar-refractivity contribution in [3.8, 4) is 0 Å². The molecule has 1 fully saturated rings. The zero-order chi connectivity index (χ0) is 12.7. The summed E-state index contributed by atoms with van der Waals surface area (Å²) in [7, 11) is 0. The van der Waals surface area contributed by atoms with E-state index in [4.69, 9.17) is 4.74 Å². The summed E-state index contributed by atoms with van der Waals surface area (Å²) in [5.74, 6) is 0. The Kier molecular flexibility index (Phi) is 6.45. The van der Waals surface area contributed by atoms with Crippen LogP contribution >= 0.6 is 0 Å². The molecule has 0 saturated heterocycles. The first-order valence-corrected chi connectivity index (χ1v) is 7.12. The van der Waals surface area contributed by atoms with E-state index in [1.165, 1.54) is 12.8 Å². The minimum Gasteiger partial charge on any atom is -0.394 e. The molecule has 0 heterocycles. The maximum absolute atomic E-state index is 9.57. The Bertz CT molecular complexity index is 208. The van der Waals surface area contributed by atoms with Gasteiger partial charge in [0.05, 0.1) is 12.7 Å². The Labute approximate surface area is 106 Å². The first kappa shape index (κ1) is 14.9. The van der Waals surface area contributed by atoms with Crippen LogP contribution in [0.5, 0.6) is 0 Å². The van der Waals surface area contributed by atoms with E-state index in [9.17, 15) is 5.11 Å². The van der Waals surface area contributed by atoms with E-state index in [1.54, 1.807) is 0 Å². The monoisotopic (exact) mass is 243 g/mol. The molecule has 17 heavy (non-hydrogen) atoms. The predicted molar refractivity (Wildman–Crippen MR) is 71.2 cm³/mol. The molecule has 3 heteroatoms. The van der Waals surface area contributed by atoms with Gasteiger partial charge in [0.2, 0.25) is 0 Å². The molecule has 1 aliphatic carbocycles. The standard InChI is InChI=1S/C14H29NO2/c1-4-5-6-9-17-13-7-8-14(10-13,11-16)15-12(2)3/h12-13,15-16H,4-11H2,1-3H3. The number of aliphatic hydroxyl groups excluding tert-OH is 1. The van der Waals surface area contributed by atoms with E-state index in [1.807, 2.05) is 0 Å². The highest BCUT2D eigenvalue weighted by molar-refractivity contribution is 4.97. The van der Waals surface area contributed by atoms with Crippen LogP contribution in [0.1, 0.15) is 59.3 Å². The van der Waals surface area contributed by atoms with Crippen LogP contribution in [0.4, 0.5) is 0 Å². The first-order valence-electron chi connectivity index (χ1n) is 7.12. The third kappa shape index (κ3) is 4.94. The molecule has 0 aromatic heterocycles. The molecule has 3 nitrogen and oxygen atoms in total. The summed E-state index contributed by atoms with van der Waals surface area (Å²) in [4.78, 5) is 0. The molecule has 0 bridgehead atoms. The van der Waals surface area contributed by atoms with E-state index >= 15 is 0 Å². The molecule has 0 spiro atoms. The fourth-order valence-corrected chi connectivity index (χ4v) is 2.75. The van der Waals surface area contributed by atoms with Gasteiger partial charge in [-0.3, -0.25) is 0 Å². The molecule has 1 saturated carbocycles. The number of ether oxygens (including phenoxy) is 1. The first-order chi connectivity index (χ1) is 8.12. The van der Waals surface area contributed by atoms with Crippen molar-refractivity contribution in [2.24, 2.45) is 0 Å². The average Bonchev–Trinajstić information content (AvgIpc) is 2.68. The lowest BCUT2D eigenvalue weighted by atomic mass is 9.97. The van der Waals surface area contributed by atoms with Gasteiger partial charge in [0.25, 0.3) is 0 Å². The molecule has 2 N–H and O–H groups in total. The lowest BCUT2D eigenvalue weighted by molar-refractivity contribution is 0.0436. The van der Waals surface area contributed by atoms with Crippen LogP contribution in [-0.4, -0.2) is 36.0 Å². The largest absolute Gasteiger partial charge is 0.394 e. The van der Waals surface area contributed by atoms with E-state index in [-0.39, 0.29) is 12.1 Å². The van der Waals surface area contributed by atoms with Crippen molar-refractivity contribution in [3.05, 3.63) is 0 Å². The fraction of sp³-hybridized carbons (Fsp3) is 1.00. The lowest BCUT2D eigenvalue weighted by Crippen LogP contribution is -2.50. The Morgan fingerprint density at radius 3 is 2.76 bits per heavy atom. The summed E-state index contributed by atoms with van der Waals surface area (Å²) in [5, 5.41) is 13.1. The molecule has 2 unspecified atom stereocenters. The van der Waals surface area contributed by atoms with Gasteiger partial charge in [-0.05, 0) is 25.7 Å². The molecule has 0 aromatic carbocycles. The topological polar surface area (TPSA) is 41.5 Å². The van der Waals surface area contributed by atoms with Crippen molar-refractivity contribution in [2.75, 3.05) is 13.2 Å². The molecule has 0 aliphatic heterocycles. The molecule has 2 atom stereocenters. The van der Waals surface area contributed by atoms with Crippen molar-refractivity contribution in [1.29, 1.82) is 0 Å². The van der Waals surface area contributed by atoms with Gasteiger partial charge in [-0.15, -0.1) is 0 Å². The van der Waals surface area contributed by atoms with Gasteiger partial charge < -0.3 is 15.2 Å². The fourth-order valence-electron chi connectivity index (χ4n) is 2.75. The van der Waals surface area contributed by atoms with Crippen LogP contribution in [0, 0.1) is 0 Å². The maximum Gasteiger partial charge on any atom is 0.0614 e. The van der Waals surface area contributed by atoms with Gasteiger partial charge in [-0.2, -0.15) is 0 Å². The predicted octanol–water partition coefficient (Wildman–Crippen LogP) is 2.47. The second kappa shape index (κ2) is 7.34. The highest BCUT2D eigenvalue weighted by Gasteiger charge is 2.39. The molecule has 0 aromatic rings.